The fourth-order valence-electron chi connectivity index (χ4n) is 1.65. The van der Waals surface area contributed by atoms with Crippen LogP contribution in [0, 0.1) is 11.6 Å². The van der Waals surface area contributed by atoms with Crippen LogP contribution < -0.4 is 5.32 Å². The fraction of sp³-hybridized carbons (Fsp3) is 0.0714. The lowest BCUT2D eigenvalue weighted by atomic mass is 10.1. The van der Waals surface area contributed by atoms with Crippen LogP contribution in [0.1, 0.15) is 15.9 Å². The van der Waals surface area contributed by atoms with Crippen molar-refractivity contribution in [3.8, 4) is 0 Å². The standard InChI is InChI=1S/C14H10BrF2NO2/c15-11-4-2-9(6-13(11)17)18-7-8-1-3-10(14(19)20)12(16)5-8/h1-6,18H,7H2,(H,19,20). The number of nitrogens with one attached hydrogen (secondary N) is 1. The molecule has 0 bridgehead atoms. The van der Waals surface area contributed by atoms with E-state index in [0.717, 1.165) is 6.07 Å². The van der Waals surface area contributed by atoms with Crippen LogP contribution in [-0.4, -0.2) is 11.1 Å². The Balaban J connectivity index is 2.09. The van der Waals surface area contributed by atoms with Crippen LogP contribution in [0.3, 0.4) is 0 Å². The third-order valence-corrected chi connectivity index (χ3v) is 3.32. The molecule has 0 heterocycles. The largest absolute Gasteiger partial charge is 0.478 e. The number of halogens is 3. The van der Waals surface area contributed by atoms with Crippen molar-refractivity contribution in [3.05, 3.63) is 63.6 Å². The van der Waals surface area contributed by atoms with Gasteiger partial charge in [-0.3, -0.25) is 0 Å². The lowest BCUT2D eigenvalue weighted by molar-refractivity contribution is 0.0692. The van der Waals surface area contributed by atoms with Gasteiger partial charge in [0.05, 0.1) is 10.0 Å². The normalized spacial score (nSPS) is 10.3. The smallest absolute Gasteiger partial charge is 0.338 e. The molecule has 20 heavy (non-hydrogen) atoms. The maximum Gasteiger partial charge on any atom is 0.338 e. The second-order valence-corrected chi connectivity index (χ2v) is 4.96. The molecule has 2 aromatic rings. The second-order valence-electron chi connectivity index (χ2n) is 4.10. The third-order valence-electron chi connectivity index (χ3n) is 2.68. The van der Waals surface area contributed by atoms with Crippen LogP contribution in [0.4, 0.5) is 14.5 Å². The fourth-order valence-corrected chi connectivity index (χ4v) is 1.90. The minimum atomic E-state index is -1.31. The van der Waals surface area contributed by atoms with Gasteiger partial charge >= 0.3 is 5.97 Å². The maximum atomic E-state index is 13.5. The Hall–Kier alpha value is -1.95. The van der Waals surface area contributed by atoms with Gasteiger partial charge in [0.2, 0.25) is 0 Å². The first-order chi connectivity index (χ1) is 9.47. The molecule has 2 N–H and O–H groups in total. The zero-order valence-corrected chi connectivity index (χ0v) is 11.7. The maximum absolute atomic E-state index is 13.5. The quantitative estimate of drug-likeness (QED) is 0.882. The average Bonchev–Trinajstić information content (AvgIpc) is 2.40. The van der Waals surface area contributed by atoms with E-state index in [2.05, 4.69) is 21.2 Å². The molecule has 0 radical (unpaired) electrons. The predicted octanol–water partition coefficient (Wildman–Crippen LogP) is 4.04. The average molecular weight is 342 g/mol. The summed E-state index contributed by atoms with van der Waals surface area (Å²) in [5.74, 6) is -2.50. The number of carboxylic acids is 1. The Morgan fingerprint density at radius 2 is 1.90 bits per heavy atom. The highest BCUT2D eigenvalue weighted by Crippen LogP contribution is 2.20. The molecule has 6 heteroatoms. The highest BCUT2D eigenvalue weighted by atomic mass is 79.9. The number of hydrogen-bond acceptors (Lipinski definition) is 2. The van der Waals surface area contributed by atoms with Gasteiger partial charge in [0.25, 0.3) is 0 Å². The molecule has 104 valence electrons. The molecule has 0 amide bonds. The van der Waals surface area contributed by atoms with Crippen LogP contribution in [0.5, 0.6) is 0 Å². The minimum absolute atomic E-state index is 0.262. The first kappa shape index (κ1) is 14.5. The summed E-state index contributed by atoms with van der Waals surface area (Å²) in [5.41, 5.74) is 0.743. The van der Waals surface area contributed by atoms with E-state index in [9.17, 15) is 13.6 Å². The monoisotopic (exact) mass is 341 g/mol. The van der Waals surface area contributed by atoms with E-state index in [0.29, 0.717) is 15.7 Å². The zero-order chi connectivity index (χ0) is 14.7. The van der Waals surface area contributed by atoms with Crippen molar-refractivity contribution in [2.24, 2.45) is 0 Å². The second kappa shape index (κ2) is 6.00. The summed E-state index contributed by atoms with van der Waals surface area (Å²) >= 11 is 3.05. The molecule has 0 aliphatic rings. The van der Waals surface area contributed by atoms with Gasteiger partial charge in [-0.2, -0.15) is 0 Å². The van der Waals surface area contributed by atoms with Gasteiger partial charge in [-0.15, -0.1) is 0 Å². The number of aromatic carboxylic acids is 1. The van der Waals surface area contributed by atoms with Crippen LogP contribution in [0.25, 0.3) is 0 Å². The number of anilines is 1. The van der Waals surface area contributed by atoms with Gasteiger partial charge in [0.15, 0.2) is 0 Å². The molecule has 0 atom stereocenters. The summed E-state index contributed by atoms with van der Waals surface area (Å²) in [7, 11) is 0. The minimum Gasteiger partial charge on any atom is -0.478 e. The van der Waals surface area contributed by atoms with Crippen molar-refractivity contribution >= 4 is 27.6 Å². The lowest BCUT2D eigenvalue weighted by Gasteiger charge is -2.08. The number of rotatable bonds is 4. The van der Waals surface area contributed by atoms with E-state index in [-0.39, 0.29) is 12.1 Å². The summed E-state index contributed by atoms with van der Waals surface area (Å²) in [5, 5.41) is 11.6. The van der Waals surface area contributed by atoms with E-state index >= 15 is 0 Å². The van der Waals surface area contributed by atoms with Gasteiger partial charge in [0, 0.05) is 12.2 Å². The first-order valence-electron chi connectivity index (χ1n) is 5.68. The van der Waals surface area contributed by atoms with Gasteiger partial charge < -0.3 is 10.4 Å². The van der Waals surface area contributed by atoms with Crippen molar-refractivity contribution in [2.75, 3.05) is 5.32 Å². The molecular formula is C14H10BrF2NO2. The molecule has 0 aliphatic heterocycles. The van der Waals surface area contributed by atoms with Crippen molar-refractivity contribution in [2.45, 2.75) is 6.54 Å². The number of carbonyl (C=O) groups is 1. The van der Waals surface area contributed by atoms with Crippen molar-refractivity contribution < 1.29 is 18.7 Å². The molecule has 0 saturated heterocycles. The molecule has 0 aromatic heterocycles. The Bertz CT molecular complexity index is 662. The molecule has 2 aromatic carbocycles. The first-order valence-corrected chi connectivity index (χ1v) is 6.47. The van der Waals surface area contributed by atoms with E-state index in [1.807, 2.05) is 0 Å². The van der Waals surface area contributed by atoms with Gasteiger partial charge in [-0.05, 0) is 51.8 Å². The van der Waals surface area contributed by atoms with E-state index in [1.54, 1.807) is 12.1 Å². The Labute approximate surface area is 122 Å². The lowest BCUT2D eigenvalue weighted by Crippen LogP contribution is -2.04. The van der Waals surface area contributed by atoms with Crippen LogP contribution in [-0.2, 0) is 6.54 Å². The molecular weight excluding hydrogens is 332 g/mol. The number of benzene rings is 2. The highest BCUT2D eigenvalue weighted by molar-refractivity contribution is 9.10. The van der Waals surface area contributed by atoms with Gasteiger partial charge in [-0.25, -0.2) is 13.6 Å². The Kier molecular flexibility index (Phi) is 4.34. The molecule has 0 spiro atoms. The molecule has 0 aliphatic carbocycles. The van der Waals surface area contributed by atoms with Crippen molar-refractivity contribution in [1.29, 1.82) is 0 Å². The number of hydrogen-bond donors (Lipinski definition) is 2. The SMILES string of the molecule is O=C(O)c1ccc(CNc2ccc(Br)c(F)c2)cc1F. The zero-order valence-electron chi connectivity index (χ0n) is 10.2. The predicted molar refractivity (Wildman–Crippen MR) is 74.8 cm³/mol. The van der Waals surface area contributed by atoms with Crippen molar-refractivity contribution in [1.82, 2.24) is 0 Å². The van der Waals surface area contributed by atoms with Crippen LogP contribution >= 0.6 is 15.9 Å². The van der Waals surface area contributed by atoms with E-state index in [1.165, 1.54) is 18.2 Å². The highest BCUT2D eigenvalue weighted by Gasteiger charge is 2.10. The summed E-state index contributed by atoms with van der Waals surface area (Å²) in [6.07, 6.45) is 0. The molecule has 0 unspecified atom stereocenters. The molecule has 2 rings (SSSR count). The number of carboxylic acid groups (broad SMARTS) is 1. The summed E-state index contributed by atoms with van der Waals surface area (Å²) in [4.78, 5) is 10.7. The van der Waals surface area contributed by atoms with E-state index in [4.69, 9.17) is 5.11 Å². The third kappa shape index (κ3) is 3.33. The Morgan fingerprint density at radius 1 is 1.15 bits per heavy atom. The van der Waals surface area contributed by atoms with Gasteiger partial charge in [-0.1, -0.05) is 6.07 Å². The molecule has 0 saturated carbocycles. The topological polar surface area (TPSA) is 49.3 Å². The summed E-state index contributed by atoms with van der Waals surface area (Å²) < 4.78 is 27.1. The summed E-state index contributed by atoms with van der Waals surface area (Å²) in [6, 6.07) is 8.41. The van der Waals surface area contributed by atoms with Gasteiger partial charge in [0.1, 0.15) is 11.6 Å². The Morgan fingerprint density at radius 3 is 2.50 bits per heavy atom. The van der Waals surface area contributed by atoms with Crippen LogP contribution in [0.2, 0.25) is 0 Å². The van der Waals surface area contributed by atoms with Crippen molar-refractivity contribution in [3.63, 3.8) is 0 Å². The molecule has 0 fully saturated rings. The molecule has 3 nitrogen and oxygen atoms in total. The van der Waals surface area contributed by atoms with Crippen LogP contribution in [0.15, 0.2) is 40.9 Å². The summed E-state index contributed by atoms with van der Waals surface area (Å²) in [6.45, 7) is 0.262. The van der Waals surface area contributed by atoms with E-state index < -0.39 is 17.6 Å².